The number of pyridine rings is 1. The van der Waals surface area contributed by atoms with Crippen molar-refractivity contribution in [1.82, 2.24) is 4.98 Å². The second-order valence-corrected chi connectivity index (χ2v) is 12.0. The van der Waals surface area contributed by atoms with Gasteiger partial charge in [0, 0.05) is 41.2 Å². The fraction of sp³-hybridized carbons (Fsp3) is 0.586. The van der Waals surface area contributed by atoms with E-state index in [1.807, 2.05) is 34.6 Å². The van der Waals surface area contributed by atoms with Crippen molar-refractivity contribution in [3.8, 4) is 11.3 Å². The van der Waals surface area contributed by atoms with E-state index >= 15 is 0 Å². The Hall–Kier alpha value is -2.67. The van der Waals surface area contributed by atoms with Crippen molar-refractivity contribution >= 4 is 17.3 Å². The lowest BCUT2D eigenvalue weighted by Gasteiger charge is -2.42. The largest absolute Gasteiger partial charge is 0.467 e. The molecule has 7 heteroatoms. The molecule has 1 N–H and O–H groups in total. The van der Waals surface area contributed by atoms with Crippen LogP contribution in [0, 0.1) is 25.1 Å². The molecule has 1 aromatic carbocycles. The molecule has 4 rings (SSSR count). The first-order chi connectivity index (χ1) is 16.7. The lowest BCUT2D eigenvalue weighted by atomic mass is 9.80. The fourth-order valence-electron chi connectivity index (χ4n) is 5.52. The van der Waals surface area contributed by atoms with Crippen molar-refractivity contribution in [2.75, 3.05) is 30.4 Å². The molecule has 0 bridgehead atoms. The van der Waals surface area contributed by atoms with Crippen molar-refractivity contribution < 1.29 is 18.7 Å². The molecule has 196 valence electrons. The Balaban J connectivity index is 2.02. The highest BCUT2D eigenvalue weighted by Crippen LogP contribution is 2.51. The molecule has 1 aromatic heterocycles. The molecule has 2 aliphatic heterocycles. The van der Waals surface area contributed by atoms with Gasteiger partial charge in [0.05, 0.1) is 30.6 Å². The third-order valence-electron chi connectivity index (χ3n) is 7.54. The molecule has 1 saturated heterocycles. The van der Waals surface area contributed by atoms with E-state index in [0.717, 1.165) is 70.8 Å². The second-order valence-electron chi connectivity index (χ2n) is 12.0. The van der Waals surface area contributed by atoms with Gasteiger partial charge in [0.15, 0.2) is 6.10 Å². The van der Waals surface area contributed by atoms with Crippen LogP contribution in [0.2, 0.25) is 0 Å². The Kier molecular flexibility index (Phi) is 6.84. The molecule has 0 saturated carbocycles. The lowest BCUT2D eigenvalue weighted by molar-refractivity contribution is -0.164. The van der Waals surface area contributed by atoms with Crippen molar-refractivity contribution in [1.29, 1.82) is 0 Å². The van der Waals surface area contributed by atoms with E-state index < -0.39 is 17.7 Å². The van der Waals surface area contributed by atoms with E-state index in [-0.39, 0.29) is 17.3 Å². The summed E-state index contributed by atoms with van der Waals surface area (Å²) in [7, 11) is 1.40. The van der Waals surface area contributed by atoms with Gasteiger partial charge in [-0.1, -0.05) is 13.8 Å². The van der Waals surface area contributed by atoms with E-state index in [9.17, 15) is 9.18 Å². The predicted octanol–water partition coefficient (Wildman–Crippen LogP) is 6.65. The van der Waals surface area contributed by atoms with Crippen LogP contribution in [0.3, 0.4) is 0 Å². The Morgan fingerprint density at radius 3 is 2.44 bits per heavy atom. The Bertz CT molecular complexity index is 1180. The summed E-state index contributed by atoms with van der Waals surface area (Å²) >= 11 is 0. The van der Waals surface area contributed by atoms with Crippen LogP contribution in [-0.4, -0.2) is 36.8 Å². The van der Waals surface area contributed by atoms with Crippen molar-refractivity contribution in [2.45, 2.75) is 86.0 Å². The van der Waals surface area contributed by atoms with Gasteiger partial charge in [-0.3, -0.25) is 4.98 Å². The Morgan fingerprint density at radius 1 is 1.22 bits per heavy atom. The molecule has 2 aliphatic rings. The minimum atomic E-state index is -0.886. The number of ether oxygens (including phenoxy) is 2. The molecule has 3 heterocycles. The van der Waals surface area contributed by atoms with Crippen LogP contribution >= 0.6 is 0 Å². The van der Waals surface area contributed by atoms with Crippen LogP contribution in [0.4, 0.5) is 15.8 Å². The highest BCUT2D eigenvalue weighted by molar-refractivity contribution is 5.94. The summed E-state index contributed by atoms with van der Waals surface area (Å²) in [6.07, 6.45) is 2.48. The SMILES string of the molecule is COC(=O)C(OC(C)(C)C)c1c(C)c2c(c(C)c1N1CCC(C)(C)CC1)-c1ncc(F)cc1[C@H](C)N2. The zero-order chi connectivity index (χ0) is 26.6. The van der Waals surface area contributed by atoms with Crippen molar-refractivity contribution in [3.05, 3.63) is 40.3 Å². The van der Waals surface area contributed by atoms with E-state index in [1.54, 1.807) is 6.07 Å². The number of carbonyl (C=O) groups excluding carboxylic acids is 1. The first kappa shape index (κ1) is 26.4. The molecule has 6 nitrogen and oxygen atoms in total. The molecular formula is C29H40FN3O3. The molecule has 0 aliphatic carbocycles. The first-order valence-electron chi connectivity index (χ1n) is 12.8. The number of rotatable bonds is 4. The van der Waals surface area contributed by atoms with Gasteiger partial charge in [0.25, 0.3) is 0 Å². The number of piperidine rings is 1. The second kappa shape index (κ2) is 9.33. The number of methoxy groups -OCH3 is 1. The number of fused-ring (bicyclic) bond motifs is 3. The van der Waals surface area contributed by atoms with Crippen LogP contribution in [0.25, 0.3) is 11.3 Å². The first-order valence-corrected chi connectivity index (χ1v) is 12.8. The van der Waals surface area contributed by atoms with E-state index in [2.05, 4.69) is 36.0 Å². The topological polar surface area (TPSA) is 63.7 Å². The van der Waals surface area contributed by atoms with Crippen LogP contribution < -0.4 is 10.2 Å². The smallest absolute Gasteiger partial charge is 0.339 e. The predicted molar refractivity (Wildman–Crippen MR) is 142 cm³/mol. The van der Waals surface area contributed by atoms with Crippen molar-refractivity contribution in [2.24, 2.45) is 5.41 Å². The van der Waals surface area contributed by atoms with Crippen LogP contribution in [0.1, 0.15) is 88.8 Å². The summed E-state index contributed by atoms with van der Waals surface area (Å²) in [6, 6.07) is 1.43. The molecule has 0 spiro atoms. The van der Waals surface area contributed by atoms with Gasteiger partial charge in [0.1, 0.15) is 5.82 Å². The van der Waals surface area contributed by atoms with Crippen LogP contribution in [0.5, 0.6) is 0 Å². The minimum Gasteiger partial charge on any atom is -0.467 e. The zero-order valence-electron chi connectivity index (χ0n) is 23.1. The monoisotopic (exact) mass is 497 g/mol. The van der Waals surface area contributed by atoms with Gasteiger partial charge >= 0.3 is 5.97 Å². The number of hydrogen-bond acceptors (Lipinski definition) is 6. The average molecular weight is 498 g/mol. The molecule has 0 amide bonds. The number of anilines is 2. The van der Waals surface area contributed by atoms with Crippen molar-refractivity contribution in [3.63, 3.8) is 0 Å². The highest BCUT2D eigenvalue weighted by Gasteiger charge is 2.39. The Labute approximate surface area is 214 Å². The van der Waals surface area contributed by atoms with E-state index in [0.29, 0.717) is 0 Å². The maximum Gasteiger partial charge on any atom is 0.339 e. The number of halogens is 1. The van der Waals surface area contributed by atoms with E-state index in [1.165, 1.54) is 13.3 Å². The van der Waals surface area contributed by atoms with Gasteiger partial charge in [-0.25, -0.2) is 9.18 Å². The number of carbonyl (C=O) groups is 1. The van der Waals surface area contributed by atoms with Gasteiger partial charge < -0.3 is 19.7 Å². The quantitative estimate of drug-likeness (QED) is 0.477. The number of nitrogens with one attached hydrogen (secondary N) is 1. The maximum atomic E-state index is 14.2. The standard InChI is InChI=1S/C29H40FN3O3/c1-16-22(26(27(34)35-9)36-28(4,5)6)25(33-12-10-29(7,8)11-13-33)17(2)21-23(16)32-18(3)20-14-19(30)15-31-24(20)21/h14-15,18,26,32H,10-13H2,1-9H3/t18-,26?/m0/s1. The molecule has 1 unspecified atom stereocenters. The molecule has 2 aromatic rings. The normalized spacial score (nSPS) is 19.7. The Morgan fingerprint density at radius 2 is 1.86 bits per heavy atom. The number of esters is 1. The van der Waals surface area contributed by atoms with Gasteiger partial charge in [-0.2, -0.15) is 0 Å². The fourth-order valence-corrected chi connectivity index (χ4v) is 5.52. The highest BCUT2D eigenvalue weighted by atomic mass is 19.1. The third-order valence-corrected chi connectivity index (χ3v) is 7.54. The maximum absolute atomic E-state index is 14.2. The summed E-state index contributed by atoms with van der Waals surface area (Å²) in [4.78, 5) is 20.2. The third kappa shape index (κ3) is 4.82. The number of nitrogens with zero attached hydrogens (tertiary/aromatic N) is 2. The average Bonchev–Trinajstić information content (AvgIpc) is 2.79. The molecule has 2 atom stereocenters. The van der Waals surface area contributed by atoms with Gasteiger partial charge in [-0.05, 0) is 77.0 Å². The zero-order valence-corrected chi connectivity index (χ0v) is 23.1. The van der Waals surface area contributed by atoms with E-state index in [4.69, 9.17) is 9.47 Å². The van der Waals surface area contributed by atoms with Gasteiger partial charge in [0.2, 0.25) is 0 Å². The molecule has 36 heavy (non-hydrogen) atoms. The summed E-state index contributed by atoms with van der Waals surface area (Å²) in [5.41, 5.74) is 6.96. The van der Waals surface area contributed by atoms with Crippen LogP contribution in [0.15, 0.2) is 12.3 Å². The lowest BCUT2D eigenvalue weighted by Crippen LogP contribution is -2.39. The minimum absolute atomic E-state index is 0.136. The molecule has 0 radical (unpaired) electrons. The number of hydrogen-bond donors (Lipinski definition) is 1. The number of aromatic nitrogens is 1. The summed E-state index contributed by atoms with van der Waals surface area (Å²) in [6.45, 7) is 18.3. The summed E-state index contributed by atoms with van der Waals surface area (Å²) in [5.74, 6) is -0.768. The molecular weight excluding hydrogens is 457 g/mol. The molecule has 1 fully saturated rings. The summed E-state index contributed by atoms with van der Waals surface area (Å²) < 4.78 is 25.8. The van der Waals surface area contributed by atoms with Crippen LogP contribution in [-0.2, 0) is 14.3 Å². The van der Waals surface area contributed by atoms with Gasteiger partial charge in [-0.15, -0.1) is 0 Å². The summed E-state index contributed by atoms with van der Waals surface area (Å²) in [5, 5.41) is 3.58. The number of benzene rings is 1.